The van der Waals surface area contributed by atoms with E-state index in [9.17, 15) is 4.39 Å². The summed E-state index contributed by atoms with van der Waals surface area (Å²) in [6.07, 6.45) is 0.764. The highest BCUT2D eigenvalue weighted by Crippen LogP contribution is 2.22. The molecule has 86 valence electrons. The van der Waals surface area contributed by atoms with Gasteiger partial charge < -0.3 is 5.32 Å². The van der Waals surface area contributed by atoms with Crippen LogP contribution in [0, 0.1) is 11.2 Å². The number of nitrogens with one attached hydrogen (secondary N) is 1. The number of rotatable bonds is 4. The Morgan fingerprint density at radius 2 is 1.87 bits per heavy atom. The van der Waals surface area contributed by atoms with Crippen molar-refractivity contribution in [2.45, 2.75) is 20.3 Å². The van der Waals surface area contributed by atoms with Gasteiger partial charge in [-0.25, -0.2) is 4.39 Å². The lowest BCUT2D eigenvalue weighted by Crippen LogP contribution is -2.29. The number of benzene rings is 1. The molecule has 0 aliphatic rings. The van der Waals surface area contributed by atoms with E-state index in [2.05, 4.69) is 19.2 Å². The molecule has 0 aliphatic carbocycles. The van der Waals surface area contributed by atoms with Gasteiger partial charge in [0, 0.05) is 6.54 Å². The van der Waals surface area contributed by atoms with Crippen LogP contribution in [-0.2, 0) is 6.42 Å². The largest absolute Gasteiger partial charge is 0.319 e. The van der Waals surface area contributed by atoms with Crippen LogP contribution < -0.4 is 5.32 Å². The maximum atomic E-state index is 13.3. The van der Waals surface area contributed by atoms with Crippen LogP contribution in [0.2, 0.25) is 0 Å². The lowest BCUT2D eigenvalue weighted by molar-refractivity contribution is 0.344. The molecule has 0 fully saturated rings. The topological polar surface area (TPSA) is 12.0 Å². The van der Waals surface area contributed by atoms with E-state index in [1.165, 1.54) is 6.07 Å². The third-order valence-corrected chi connectivity index (χ3v) is 2.28. The van der Waals surface area contributed by atoms with Gasteiger partial charge in [0.15, 0.2) is 0 Å². The van der Waals surface area contributed by atoms with Crippen molar-refractivity contribution in [1.29, 1.82) is 0 Å². The van der Waals surface area contributed by atoms with E-state index in [-0.39, 0.29) is 23.6 Å². The maximum absolute atomic E-state index is 13.3. The molecule has 0 spiro atoms. The fraction of sp³-hybridized carbons (Fsp3) is 0.500. The van der Waals surface area contributed by atoms with Crippen molar-refractivity contribution in [3.8, 4) is 0 Å². The first-order valence-corrected chi connectivity index (χ1v) is 4.93. The molecule has 0 saturated heterocycles. The van der Waals surface area contributed by atoms with Gasteiger partial charge >= 0.3 is 0 Å². The van der Waals surface area contributed by atoms with Gasteiger partial charge in [0.2, 0.25) is 0 Å². The predicted molar refractivity (Wildman–Crippen MR) is 65.1 cm³/mol. The molecule has 1 rings (SSSR count). The highest BCUT2D eigenvalue weighted by Gasteiger charge is 2.18. The predicted octanol–water partition coefficient (Wildman–Crippen LogP) is 3.04. The van der Waals surface area contributed by atoms with Crippen molar-refractivity contribution in [2.75, 3.05) is 13.6 Å². The van der Waals surface area contributed by atoms with E-state index in [1.54, 1.807) is 6.07 Å². The SMILES string of the molecule is CNCC(C)(C)Cc1ccccc1F.Cl. The second kappa shape index (κ2) is 6.09. The first-order chi connectivity index (χ1) is 6.55. The summed E-state index contributed by atoms with van der Waals surface area (Å²) in [6.45, 7) is 5.16. The summed E-state index contributed by atoms with van der Waals surface area (Å²) in [4.78, 5) is 0. The fourth-order valence-corrected chi connectivity index (χ4v) is 1.70. The molecule has 0 amide bonds. The van der Waals surface area contributed by atoms with Crippen molar-refractivity contribution >= 4 is 12.4 Å². The summed E-state index contributed by atoms with van der Waals surface area (Å²) in [5, 5.41) is 3.13. The average Bonchev–Trinajstić information content (AvgIpc) is 2.08. The first-order valence-electron chi connectivity index (χ1n) is 4.93. The van der Waals surface area contributed by atoms with Crippen molar-refractivity contribution in [3.63, 3.8) is 0 Å². The average molecular weight is 232 g/mol. The van der Waals surface area contributed by atoms with Gasteiger partial charge in [-0.05, 0) is 30.5 Å². The third kappa shape index (κ3) is 4.63. The monoisotopic (exact) mass is 231 g/mol. The molecule has 0 aromatic heterocycles. The van der Waals surface area contributed by atoms with Gasteiger partial charge in [-0.3, -0.25) is 0 Å². The molecular formula is C12H19ClFN. The summed E-state index contributed by atoms with van der Waals surface area (Å²) >= 11 is 0. The smallest absolute Gasteiger partial charge is 0.126 e. The zero-order valence-corrected chi connectivity index (χ0v) is 10.3. The Labute approximate surface area is 97.5 Å². The summed E-state index contributed by atoms with van der Waals surface area (Å²) in [5.74, 6) is -0.100. The van der Waals surface area contributed by atoms with Crippen LogP contribution in [0.25, 0.3) is 0 Å². The first kappa shape index (κ1) is 14.4. The molecule has 0 heterocycles. The molecule has 0 atom stereocenters. The lowest BCUT2D eigenvalue weighted by atomic mass is 9.85. The van der Waals surface area contributed by atoms with E-state index in [1.807, 2.05) is 19.2 Å². The standard InChI is InChI=1S/C12H18FN.ClH/c1-12(2,9-14-3)8-10-6-4-5-7-11(10)13;/h4-7,14H,8-9H2,1-3H3;1H. The quantitative estimate of drug-likeness (QED) is 0.840. The highest BCUT2D eigenvalue weighted by molar-refractivity contribution is 5.85. The van der Waals surface area contributed by atoms with Crippen LogP contribution in [0.4, 0.5) is 4.39 Å². The normalized spacial score (nSPS) is 10.9. The lowest BCUT2D eigenvalue weighted by Gasteiger charge is -2.24. The zero-order chi connectivity index (χ0) is 10.6. The zero-order valence-electron chi connectivity index (χ0n) is 9.51. The molecule has 1 nitrogen and oxygen atoms in total. The Kier molecular flexibility index (Phi) is 5.84. The minimum atomic E-state index is -0.100. The van der Waals surface area contributed by atoms with Crippen LogP contribution in [0.15, 0.2) is 24.3 Å². The van der Waals surface area contributed by atoms with Crippen LogP contribution >= 0.6 is 12.4 Å². The Morgan fingerprint density at radius 3 is 2.40 bits per heavy atom. The molecule has 0 bridgehead atoms. The van der Waals surface area contributed by atoms with Crippen molar-refractivity contribution in [1.82, 2.24) is 5.32 Å². The minimum Gasteiger partial charge on any atom is -0.319 e. The number of halogens is 2. The summed E-state index contributed by atoms with van der Waals surface area (Å²) in [6, 6.07) is 6.98. The van der Waals surface area contributed by atoms with Gasteiger partial charge in [0.1, 0.15) is 5.82 Å². The van der Waals surface area contributed by atoms with Crippen LogP contribution in [0.3, 0.4) is 0 Å². The molecule has 0 radical (unpaired) electrons. The van der Waals surface area contributed by atoms with Crippen LogP contribution in [0.1, 0.15) is 19.4 Å². The second-order valence-corrected chi connectivity index (χ2v) is 4.46. The molecule has 15 heavy (non-hydrogen) atoms. The fourth-order valence-electron chi connectivity index (χ4n) is 1.70. The van der Waals surface area contributed by atoms with Gasteiger partial charge in [-0.15, -0.1) is 12.4 Å². The summed E-state index contributed by atoms with van der Waals surface area (Å²) < 4.78 is 13.3. The highest BCUT2D eigenvalue weighted by atomic mass is 35.5. The molecule has 3 heteroatoms. The Morgan fingerprint density at radius 1 is 1.27 bits per heavy atom. The van der Waals surface area contributed by atoms with Crippen LogP contribution in [0.5, 0.6) is 0 Å². The molecule has 0 unspecified atom stereocenters. The van der Waals surface area contributed by atoms with Crippen molar-refractivity contribution in [2.24, 2.45) is 5.41 Å². The second-order valence-electron chi connectivity index (χ2n) is 4.46. The molecular weight excluding hydrogens is 213 g/mol. The van der Waals surface area contributed by atoms with E-state index >= 15 is 0 Å². The summed E-state index contributed by atoms with van der Waals surface area (Å²) in [7, 11) is 1.92. The molecule has 0 saturated carbocycles. The Bertz CT molecular complexity index is 299. The Balaban J connectivity index is 0.00000196. The number of hydrogen-bond acceptors (Lipinski definition) is 1. The van der Waals surface area contributed by atoms with Gasteiger partial charge in [0.05, 0.1) is 0 Å². The van der Waals surface area contributed by atoms with Gasteiger partial charge in [-0.2, -0.15) is 0 Å². The third-order valence-electron chi connectivity index (χ3n) is 2.28. The number of hydrogen-bond donors (Lipinski definition) is 1. The van der Waals surface area contributed by atoms with E-state index in [0.717, 1.165) is 18.5 Å². The maximum Gasteiger partial charge on any atom is 0.126 e. The van der Waals surface area contributed by atoms with Crippen molar-refractivity contribution < 1.29 is 4.39 Å². The molecule has 1 N–H and O–H groups in total. The van der Waals surface area contributed by atoms with Gasteiger partial charge in [-0.1, -0.05) is 32.0 Å². The van der Waals surface area contributed by atoms with Gasteiger partial charge in [0.25, 0.3) is 0 Å². The molecule has 1 aromatic carbocycles. The Hall–Kier alpha value is -0.600. The molecule has 1 aromatic rings. The van der Waals surface area contributed by atoms with E-state index in [4.69, 9.17) is 0 Å². The van der Waals surface area contributed by atoms with E-state index in [0.29, 0.717) is 0 Å². The van der Waals surface area contributed by atoms with E-state index < -0.39 is 0 Å². The van der Waals surface area contributed by atoms with Crippen LogP contribution in [-0.4, -0.2) is 13.6 Å². The van der Waals surface area contributed by atoms with Crippen molar-refractivity contribution in [3.05, 3.63) is 35.6 Å². The summed E-state index contributed by atoms with van der Waals surface area (Å²) in [5.41, 5.74) is 0.893. The minimum absolute atomic E-state index is 0. The molecule has 0 aliphatic heterocycles.